The summed E-state index contributed by atoms with van der Waals surface area (Å²) in [5.41, 5.74) is 1.19. The lowest BCUT2D eigenvalue weighted by Gasteiger charge is -2.09. The molecule has 110 valence electrons. The lowest BCUT2D eigenvalue weighted by molar-refractivity contribution is -0.116. The van der Waals surface area contributed by atoms with E-state index in [1.807, 2.05) is 0 Å². The van der Waals surface area contributed by atoms with Gasteiger partial charge in [0.1, 0.15) is 5.82 Å². The van der Waals surface area contributed by atoms with Crippen LogP contribution in [0.5, 0.6) is 5.75 Å². The Morgan fingerprint density at radius 2 is 1.95 bits per heavy atom. The minimum absolute atomic E-state index is 0.0625. The highest BCUT2D eigenvalue weighted by Crippen LogP contribution is 2.17. The molecule has 0 bridgehead atoms. The zero-order valence-corrected chi connectivity index (χ0v) is 11.5. The number of hydrogen-bond acceptors (Lipinski definition) is 2. The number of benzene rings is 2. The molecule has 21 heavy (non-hydrogen) atoms. The van der Waals surface area contributed by atoms with E-state index in [2.05, 4.69) is 5.32 Å². The van der Waals surface area contributed by atoms with Crippen molar-refractivity contribution in [3.8, 4) is 5.75 Å². The summed E-state index contributed by atoms with van der Waals surface area (Å²) in [6, 6.07) is 10.1. The molecule has 0 fully saturated rings. The molecule has 1 amide bonds. The average Bonchev–Trinajstić information content (AvgIpc) is 2.44. The zero-order chi connectivity index (χ0) is 15.2. The number of hydrogen-bond donors (Lipinski definition) is 1. The second-order valence-corrected chi connectivity index (χ2v) is 4.54. The predicted octanol–water partition coefficient (Wildman–Crippen LogP) is 3.68. The van der Waals surface area contributed by atoms with Crippen molar-refractivity contribution < 1.29 is 18.3 Å². The molecular weight excluding hydrogens is 276 g/mol. The van der Waals surface area contributed by atoms with E-state index < -0.39 is 5.82 Å². The SMILES string of the molecule is Cc1cc(F)ccc1NC(=O)CCOc1ccccc1F. The van der Waals surface area contributed by atoms with Crippen molar-refractivity contribution in [3.05, 3.63) is 59.7 Å². The van der Waals surface area contributed by atoms with Crippen LogP contribution in [0.1, 0.15) is 12.0 Å². The van der Waals surface area contributed by atoms with Crippen LogP contribution < -0.4 is 10.1 Å². The minimum Gasteiger partial charge on any atom is -0.490 e. The molecule has 2 aromatic rings. The fourth-order valence-corrected chi connectivity index (χ4v) is 1.80. The first kappa shape index (κ1) is 15.0. The standard InChI is InChI=1S/C16H15F2NO2/c1-11-10-12(17)6-7-14(11)19-16(20)8-9-21-15-5-3-2-4-13(15)18/h2-7,10H,8-9H2,1H3,(H,19,20). The van der Waals surface area contributed by atoms with E-state index in [9.17, 15) is 13.6 Å². The van der Waals surface area contributed by atoms with Crippen molar-refractivity contribution in [2.45, 2.75) is 13.3 Å². The van der Waals surface area contributed by atoms with Crippen molar-refractivity contribution in [2.24, 2.45) is 0 Å². The monoisotopic (exact) mass is 291 g/mol. The first-order valence-electron chi connectivity index (χ1n) is 6.49. The Bertz CT molecular complexity index is 644. The van der Waals surface area contributed by atoms with E-state index >= 15 is 0 Å². The van der Waals surface area contributed by atoms with Crippen LogP contribution in [0.3, 0.4) is 0 Å². The van der Waals surface area contributed by atoms with Gasteiger partial charge in [-0.05, 0) is 42.8 Å². The number of amides is 1. The van der Waals surface area contributed by atoms with Crippen LogP contribution in [0.25, 0.3) is 0 Å². The summed E-state index contributed by atoms with van der Waals surface area (Å²) in [4.78, 5) is 11.7. The van der Waals surface area contributed by atoms with Gasteiger partial charge in [0.05, 0.1) is 13.0 Å². The van der Waals surface area contributed by atoms with Gasteiger partial charge in [-0.2, -0.15) is 0 Å². The van der Waals surface area contributed by atoms with Gasteiger partial charge >= 0.3 is 0 Å². The number of rotatable bonds is 5. The first-order valence-corrected chi connectivity index (χ1v) is 6.49. The third-order valence-electron chi connectivity index (χ3n) is 2.89. The summed E-state index contributed by atoms with van der Waals surface area (Å²) in [6.45, 7) is 1.77. The van der Waals surface area contributed by atoms with Crippen molar-refractivity contribution in [2.75, 3.05) is 11.9 Å². The molecule has 2 rings (SSSR count). The molecule has 0 radical (unpaired) electrons. The minimum atomic E-state index is -0.465. The van der Waals surface area contributed by atoms with Gasteiger partial charge in [0.25, 0.3) is 0 Å². The Kier molecular flexibility index (Phi) is 4.87. The molecule has 5 heteroatoms. The molecule has 0 aliphatic carbocycles. The van der Waals surface area contributed by atoms with Crippen LogP contribution in [0.15, 0.2) is 42.5 Å². The second kappa shape index (κ2) is 6.83. The Hall–Kier alpha value is -2.43. The Balaban J connectivity index is 1.84. The topological polar surface area (TPSA) is 38.3 Å². The van der Waals surface area contributed by atoms with Gasteiger partial charge in [-0.25, -0.2) is 8.78 Å². The highest BCUT2D eigenvalue weighted by atomic mass is 19.1. The zero-order valence-electron chi connectivity index (χ0n) is 11.5. The maximum Gasteiger partial charge on any atom is 0.227 e. The lowest BCUT2D eigenvalue weighted by atomic mass is 10.2. The summed E-state index contributed by atoms with van der Waals surface area (Å²) in [7, 11) is 0. The van der Waals surface area contributed by atoms with Gasteiger partial charge in [-0.1, -0.05) is 12.1 Å². The highest BCUT2D eigenvalue weighted by molar-refractivity contribution is 5.91. The number of aryl methyl sites for hydroxylation is 1. The molecule has 0 saturated heterocycles. The maximum absolute atomic E-state index is 13.3. The normalized spacial score (nSPS) is 10.2. The molecule has 0 unspecified atom stereocenters. The average molecular weight is 291 g/mol. The predicted molar refractivity (Wildman–Crippen MR) is 76.3 cm³/mol. The van der Waals surface area contributed by atoms with Gasteiger partial charge in [0.15, 0.2) is 11.6 Å². The van der Waals surface area contributed by atoms with Crippen molar-refractivity contribution in [3.63, 3.8) is 0 Å². The van der Waals surface area contributed by atoms with Crippen LogP contribution >= 0.6 is 0 Å². The highest BCUT2D eigenvalue weighted by Gasteiger charge is 2.07. The third kappa shape index (κ3) is 4.27. The summed E-state index contributed by atoms with van der Waals surface area (Å²) >= 11 is 0. The van der Waals surface area contributed by atoms with Crippen molar-refractivity contribution in [1.82, 2.24) is 0 Å². The van der Waals surface area contributed by atoms with E-state index in [4.69, 9.17) is 4.74 Å². The number of nitrogens with one attached hydrogen (secondary N) is 1. The largest absolute Gasteiger partial charge is 0.490 e. The van der Waals surface area contributed by atoms with E-state index in [1.54, 1.807) is 19.1 Å². The van der Waals surface area contributed by atoms with Crippen LogP contribution in [0.4, 0.5) is 14.5 Å². The van der Waals surface area contributed by atoms with Gasteiger partial charge in [-0.3, -0.25) is 4.79 Å². The number of carbonyl (C=O) groups is 1. The van der Waals surface area contributed by atoms with E-state index in [0.717, 1.165) is 0 Å². The molecule has 0 atom stereocenters. The third-order valence-corrected chi connectivity index (χ3v) is 2.89. The van der Waals surface area contributed by atoms with Gasteiger partial charge in [0.2, 0.25) is 5.91 Å². The smallest absolute Gasteiger partial charge is 0.227 e. The fourth-order valence-electron chi connectivity index (χ4n) is 1.80. The second-order valence-electron chi connectivity index (χ2n) is 4.54. The summed E-state index contributed by atoms with van der Waals surface area (Å²) < 4.78 is 31.4. The molecular formula is C16H15F2NO2. The van der Waals surface area contributed by atoms with Gasteiger partial charge in [0, 0.05) is 5.69 Å². The molecule has 0 spiro atoms. The molecule has 2 aromatic carbocycles. The Labute approximate surface area is 121 Å². The molecule has 0 aliphatic rings. The van der Waals surface area contributed by atoms with Crippen molar-refractivity contribution >= 4 is 11.6 Å². The number of anilines is 1. The molecule has 0 saturated carbocycles. The molecule has 1 N–H and O–H groups in total. The van der Waals surface area contributed by atoms with Crippen LogP contribution in [-0.2, 0) is 4.79 Å². The molecule has 0 aliphatic heterocycles. The summed E-state index contributed by atoms with van der Waals surface area (Å²) in [5, 5.41) is 2.66. The molecule has 0 aromatic heterocycles. The van der Waals surface area contributed by atoms with E-state index in [-0.39, 0.29) is 30.5 Å². The Morgan fingerprint density at radius 1 is 1.19 bits per heavy atom. The number of ether oxygens (including phenoxy) is 1. The molecule has 0 heterocycles. The maximum atomic E-state index is 13.3. The summed E-state index contributed by atoms with van der Waals surface area (Å²) in [6.07, 6.45) is 0.0746. The Morgan fingerprint density at radius 3 is 2.67 bits per heavy atom. The lowest BCUT2D eigenvalue weighted by Crippen LogP contribution is -2.16. The van der Waals surface area contributed by atoms with Crippen LogP contribution in [0, 0.1) is 18.6 Å². The number of halogens is 2. The number of para-hydroxylation sites is 1. The molecule has 3 nitrogen and oxygen atoms in total. The van der Waals surface area contributed by atoms with Crippen LogP contribution in [-0.4, -0.2) is 12.5 Å². The fraction of sp³-hybridized carbons (Fsp3) is 0.188. The number of carbonyl (C=O) groups excluding carboxylic acids is 1. The van der Waals surface area contributed by atoms with Gasteiger partial charge < -0.3 is 10.1 Å². The van der Waals surface area contributed by atoms with Crippen molar-refractivity contribution in [1.29, 1.82) is 0 Å². The summed E-state index contributed by atoms with van der Waals surface area (Å²) in [5.74, 6) is -0.981. The van der Waals surface area contributed by atoms with Crippen LogP contribution in [0.2, 0.25) is 0 Å². The van der Waals surface area contributed by atoms with E-state index in [0.29, 0.717) is 11.3 Å². The van der Waals surface area contributed by atoms with E-state index in [1.165, 1.54) is 30.3 Å². The first-order chi connectivity index (χ1) is 10.1. The van der Waals surface area contributed by atoms with Gasteiger partial charge in [-0.15, -0.1) is 0 Å². The quantitative estimate of drug-likeness (QED) is 0.912.